The fourth-order valence-electron chi connectivity index (χ4n) is 1.36. The molecular formula is C12H20OSi. The van der Waals surface area contributed by atoms with Crippen LogP contribution in [0.1, 0.15) is 0 Å². The van der Waals surface area contributed by atoms with Gasteiger partial charge < -0.3 is 4.74 Å². The summed E-state index contributed by atoms with van der Waals surface area (Å²) in [6.07, 6.45) is 6.41. The first-order chi connectivity index (χ1) is 6.53. The van der Waals surface area contributed by atoms with Crippen LogP contribution < -0.4 is 0 Å². The van der Waals surface area contributed by atoms with Gasteiger partial charge in [0.05, 0.1) is 13.2 Å². The van der Waals surface area contributed by atoms with Crippen molar-refractivity contribution in [2.24, 2.45) is 0 Å². The third kappa shape index (κ3) is 3.64. The van der Waals surface area contributed by atoms with Crippen LogP contribution in [0.25, 0.3) is 0 Å². The molecule has 0 aromatic rings. The van der Waals surface area contributed by atoms with Crippen LogP contribution in [0.5, 0.6) is 0 Å². The van der Waals surface area contributed by atoms with Gasteiger partial charge in [-0.1, -0.05) is 44.4 Å². The highest BCUT2D eigenvalue weighted by Gasteiger charge is 2.12. The number of rotatable bonds is 4. The molecule has 0 spiro atoms. The Kier molecular flexibility index (Phi) is 3.90. The fraction of sp³-hybridized carbons (Fsp3) is 0.500. The Bertz CT molecular complexity index is 269. The summed E-state index contributed by atoms with van der Waals surface area (Å²) in [4.78, 5) is 0. The van der Waals surface area contributed by atoms with Crippen molar-refractivity contribution in [2.45, 2.75) is 25.7 Å². The summed E-state index contributed by atoms with van der Waals surface area (Å²) in [5, 5.41) is 0. The van der Waals surface area contributed by atoms with Crippen LogP contribution >= 0.6 is 0 Å². The molecule has 78 valence electrons. The van der Waals surface area contributed by atoms with Gasteiger partial charge in [0.25, 0.3) is 0 Å². The van der Waals surface area contributed by atoms with Crippen LogP contribution in [0.2, 0.25) is 25.7 Å². The number of hydrogen-bond donors (Lipinski definition) is 0. The van der Waals surface area contributed by atoms with Crippen molar-refractivity contribution < 1.29 is 4.74 Å². The summed E-state index contributed by atoms with van der Waals surface area (Å²) >= 11 is 0. The summed E-state index contributed by atoms with van der Waals surface area (Å²) in [7, 11) is -0.937. The van der Waals surface area contributed by atoms with Gasteiger partial charge >= 0.3 is 0 Å². The van der Waals surface area contributed by atoms with Crippen molar-refractivity contribution in [3.8, 4) is 0 Å². The number of allylic oxidation sites excluding steroid dienone is 1. The van der Waals surface area contributed by atoms with Gasteiger partial charge in [-0.2, -0.15) is 0 Å². The molecule has 1 rings (SSSR count). The minimum atomic E-state index is -0.937. The SMILES string of the molecule is C=CC1=C(/C=C/C[Si](C)(C)C)COC1. The summed E-state index contributed by atoms with van der Waals surface area (Å²) < 4.78 is 5.36. The first-order valence-corrected chi connectivity index (χ1v) is 8.82. The Hall–Kier alpha value is -0.603. The molecule has 1 nitrogen and oxygen atoms in total. The van der Waals surface area contributed by atoms with Crippen LogP contribution in [0.15, 0.2) is 36.0 Å². The smallest absolute Gasteiger partial charge is 0.0724 e. The van der Waals surface area contributed by atoms with E-state index in [9.17, 15) is 0 Å². The Labute approximate surface area is 88.2 Å². The standard InChI is InChI=1S/C12H20OSi/c1-5-11-9-13-10-12(11)7-6-8-14(2,3)4/h5-7H,1,8-10H2,2-4H3/b7-6+. The number of ether oxygens (including phenoxy) is 1. The Balaban J connectivity index is 2.55. The molecule has 0 radical (unpaired) electrons. The van der Waals surface area contributed by atoms with Crippen LogP contribution in [0, 0.1) is 0 Å². The zero-order chi connectivity index (χ0) is 10.6. The molecule has 0 bridgehead atoms. The second kappa shape index (κ2) is 4.76. The molecule has 0 aliphatic carbocycles. The Morgan fingerprint density at radius 1 is 1.29 bits per heavy atom. The van der Waals surface area contributed by atoms with Gasteiger partial charge in [-0.25, -0.2) is 0 Å². The normalized spacial score (nSPS) is 18.2. The van der Waals surface area contributed by atoms with E-state index in [0.717, 1.165) is 13.2 Å². The van der Waals surface area contributed by atoms with Crippen LogP contribution in [0.3, 0.4) is 0 Å². The van der Waals surface area contributed by atoms with Crippen molar-refractivity contribution >= 4 is 8.07 Å². The lowest BCUT2D eigenvalue weighted by Gasteiger charge is -2.11. The molecule has 0 unspecified atom stereocenters. The lowest BCUT2D eigenvalue weighted by Crippen LogP contribution is -2.17. The lowest BCUT2D eigenvalue weighted by molar-refractivity contribution is 0.207. The first-order valence-electron chi connectivity index (χ1n) is 5.12. The second-order valence-corrected chi connectivity index (χ2v) is 10.4. The molecule has 1 aliphatic rings. The third-order valence-corrected chi connectivity index (χ3v) is 3.68. The molecule has 0 amide bonds. The van der Waals surface area contributed by atoms with E-state index < -0.39 is 8.07 Å². The Morgan fingerprint density at radius 2 is 1.93 bits per heavy atom. The van der Waals surface area contributed by atoms with Crippen LogP contribution in [-0.2, 0) is 4.74 Å². The minimum absolute atomic E-state index is 0.732. The maximum absolute atomic E-state index is 5.36. The number of hydrogen-bond acceptors (Lipinski definition) is 1. The highest BCUT2D eigenvalue weighted by Crippen LogP contribution is 2.17. The van der Waals surface area contributed by atoms with Crippen molar-refractivity contribution in [2.75, 3.05) is 13.2 Å². The van der Waals surface area contributed by atoms with Gasteiger partial charge in [-0.3, -0.25) is 0 Å². The third-order valence-electron chi connectivity index (χ3n) is 2.22. The molecule has 0 atom stereocenters. The van der Waals surface area contributed by atoms with E-state index in [1.165, 1.54) is 17.2 Å². The van der Waals surface area contributed by atoms with Crippen molar-refractivity contribution in [3.63, 3.8) is 0 Å². The molecular weight excluding hydrogens is 188 g/mol. The summed E-state index contributed by atoms with van der Waals surface area (Å²) in [6, 6.07) is 1.24. The van der Waals surface area contributed by atoms with Crippen molar-refractivity contribution in [1.82, 2.24) is 0 Å². The maximum Gasteiger partial charge on any atom is 0.0724 e. The molecule has 0 aromatic carbocycles. The van der Waals surface area contributed by atoms with E-state index in [1.54, 1.807) is 0 Å². The lowest BCUT2D eigenvalue weighted by atomic mass is 10.1. The summed E-state index contributed by atoms with van der Waals surface area (Å²) in [6.45, 7) is 12.4. The molecule has 2 heteroatoms. The van der Waals surface area contributed by atoms with Crippen molar-refractivity contribution in [1.29, 1.82) is 0 Å². The average molecular weight is 208 g/mol. The predicted molar refractivity (Wildman–Crippen MR) is 65.3 cm³/mol. The van der Waals surface area contributed by atoms with Gasteiger partial charge in [0.2, 0.25) is 0 Å². The molecule has 0 aromatic heterocycles. The van der Waals surface area contributed by atoms with Crippen molar-refractivity contribution in [3.05, 3.63) is 36.0 Å². The highest BCUT2D eigenvalue weighted by molar-refractivity contribution is 6.76. The van der Waals surface area contributed by atoms with E-state index >= 15 is 0 Å². The maximum atomic E-state index is 5.36. The molecule has 0 saturated heterocycles. The van der Waals surface area contributed by atoms with Gasteiger partial charge in [0, 0.05) is 8.07 Å². The van der Waals surface area contributed by atoms with E-state index in [0.29, 0.717) is 0 Å². The minimum Gasteiger partial charge on any atom is -0.372 e. The van der Waals surface area contributed by atoms with Gasteiger partial charge in [-0.15, -0.1) is 0 Å². The molecule has 0 N–H and O–H groups in total. The summed E-state index contributed by atoms with van der Waals surface area (Å²) in [5.74, 6) is 0. The predicted octanol–water partition coefficient (Wildman–Crippen LogP) is 3.39. The average Bonchev–Trinajstić information content (AvgIpc) is 2.49. The quantitative estimate of drug-likeness (QED) is 0.643. The van der Waals surface area contributed by atoms with Gasteiger partial charge in [0.1, 0.15) is 0 Å². The van der Waals surface area contributed by atoms with Crippen LogP contribution in [0.4, 0.5) is 0 Å². The molecule has 14 heavy (non-hydrogen) atoms. The first kappa shape index (κ1) is 11.5. The second-order valence-electron chi connectivity index (χ2n) is 4.91. The van der Waals surface area contributed by atoms with Gasteiger partial charge in [-0.05, 0) is 17.2 Å². The van der Waals surface area contributed by atoms with Crippen LogP contribution in [-0.4, -0.2) is 21.3 Å². The fourth-order valence-corrected chi connectivity index (χ4v) is 2.18. The monoisotopic (exact) mass is 208 g/mol. The molecule has 1 heterocycles. The topological polar surface area (TPSA) is 9.23 Å². The zero-order valence-electron chi connectivity index (χ0n) is 9.47. The molecule has 0 fully saturated rings. The zero-order valence-corrected chi connectivity index (χ0v) is 10.5. The van der Waals surface area contributed by atoms with Gasteiger partial charge in [0.15, 0.2) is 0 Å². The largest absolute Gasteiger partial charge is 0.372 e. The van der Waals surface area contributed by atoms with E-state index in [1.807, 2.05) is 6.08 Å². The Morgan fingerprint density at radius 3 is 2.50 bits per heavy atom. The summed E-state index contributed by atoms with van der Waals surface area (Å²) in [5.41, 5.74) is 2.55. The van der Waals surface area contributed by atoms with E-state index in [2.05, 4.69) is 38.4 Å². The molecule has 0 saturated carbocycles. The highest BCUT2D eigenvalue weighted by atomic mass is 28.3. The molecule has 1 aliphatic heterocycles. The van der Waals surface area contributed by atoms with E-state index in [4.69, 9.17) is 4.74 Å². The van der Waals surface area contributed by atoms with E-state index in [-0.39, 0.29) is 0 Å².